The second kappa shape index (κ2) is 6.65. The van der Waals surface area contributed by atoms with Gasteiger partial charge < -0.3 is 14.2 Å². The standard InChI is InChI=1S/C20H15ClO4/c21-16-3-6-18-15(10-16)9-13(12-25-18)1-4-17(22)14-2-5-19-20(11-14)24-8-7-23-19/h1-6,9-11H,7-8,12H2/b4-1+. The van der Waals surface area contributed by atoms with Crippen LogP contribution in [0.2, 0.25) is 5.02 Å². The van der Waals surface area contributed by atoms with E-state index in [0.29, 0.717) is 41.9 Å². The third kappa shape index (κ3) is 3.39. The SMILES string of the molecule is O=C(/C=C/C1=Cc2cc(Cl)ccc2OC1)c1ccc2c(c1)OCCO2. The number of allylic oxidation sites excluding steroid dienone is 1. The molecule has 2 aromatic carbocycles. The lowest BCUT2D eigenvalue weighted by Crippen LogP contribution is -2.15. The number of benzene rings is 2. The van der Waals surface area contributed by atoms with Crippen molar-refractivity contribution in [3.63, 3.8) is 0 Å². The fourth-order valence-electron chi connectivity index (χ4n) is 2.74. The van der Waals surface area contributed by atoms with Gasteiger partial charge in [-0.3, -0.25) is 4.79 Å². The third-order valence-electron chi connectivity index (χ3n) is 3.98. The predicted octanol–water partition coefficient (Wildman–Crippen LogP) is 4.33. The van der Waals surface area contributed by atoms with Gasteiger partial charge in [-0.1, -0.05) is 17.7 Å². The highest BCUT2D eigenvalue weighted by Crippen LogP contribution is 2.31. The topological polar surface area (TPSA) is 44.8 Å². The van der Waals surface area contributed by atoms with E-state index >= 15 is 0 Å². The molecular weight excluding hydrogens is 340 g/mol. The van der Waals surface area contributed by atoms with Crippen molar-refractivity contribution in [3.8, 4) is 17.2 Å². The van der Waals surface area contributed by atoms with E-state index in [0.717, 1.165) is 16.9 Å². The molecule has 0 saturated heterocycles. The van der Waals surface area contributed by atoms with Crippen molar-refractivity contribution in [1.82, 2.24) is 0 Å². The molecule has 0 atom stereocenters. The van der Waals surface area contributed by atoms with E-state index in [1.165, 1.54) is 6.08 Å². The van der Waals surface area contributed by atoms with Crippen molar-refractivity contribution in [2.24, 2.45) is 0 Å². The van der Waals surface area contributed by atoms with Crippen LogP contribution < -0.4 is 14.2 Å². The largest absolute Gasteiger partial charge is 0.488 e. The van der Waals surface area contributed by atoms with Gasteiger partial charge >= 0.3 is 0 Å². The van der Waals surface area contributed by atoms with Gasteiger partial charge in [-0.2, -0.15) is 0 Å². The number of rotatable bonds is 3. The minimum Gasteiger partial charge on any atom is -0.488 e. The molecule has 0 N–H and O–H groups in total. The zero-order chi connectivity index (χ0) is 17.2. The van der Waals surface area contributed by atoms with Crippen LogP contribution in [0.1, 0.15) is 15.9 Å². The lowest BCUT2D eigenvalue weighted by atomic mass is 10.1. The van der Waals surface area contributed by atoms with Crippen molar-refractivity contribution in [2.45, 2.75) is 0 Å². The summed E-state index contributed by atoms with van der Waals surface area (Å²) in [5, 5.41) is 0.649. The highest BCUT2D eigenvalue weighted by molar-refractivity contribution is 6.30. The van der Waals surface area contributed by atoms with Gasteiger partial charge in [0.05, 0.1) is 0 Å². The molecule has 126 valence electrons. The van der Waals surface area contributed by atoms with Gasteiger partial charge in [0.2, 0.25) is 0 Å². The first-order valence-electron chi connectivity index (χ1n) is 7.94. The minimum atomic E-state index is -0.102. The van der Waals surface area contributed by atoms with E-state index in [-0.39, 0.29) is 5.78 Å². The van der Waals surface area contributed by atoms with Crippen LogP contribution in [0.25, 0.3) is 6.08 Å². The lowest BCUT2D eigenvalue weighted by molar-refractivity contribution is 0.104. The van der Waals surface area contributed by atoms with E-state index in [9.17, 15) is 4.79 Å². The van der Waals surface area contributed by atoms with Gasteiger partial charge in [0.25, 0.3) is 0 Å². The molecule has 0 radical (unpaired) electrons. The van der Waals surface area contributed by atoms with Crippen molar-refractivity contribution in [1.29, 1.82) is 0 Å². The molecule has 0 unspecified atom stereocenters. The van der Waals surface area contributed by atoms with Gasteiger partial charge in [-0.05, 0) is 54.1 Å². The maximum absolute atomic E-state index is 12.4. The Balaban J connectivity index is 1.53. The molecule has 0 amide bonds. The molecule has 2 aliphatic heterocycles. The minimum absolute atomic E-state index is 0.102. The van der Waals surface area contributed by atoms with Crippen molar-refractivity contribution < 1.29 is 19.0 Å². The Morgan fingerprint density at radius 3 is 2.64 bits per heavy atom. The molecule has 0 aromatic heterocycles. The Bertz CT molecular complexity index is 899. The molecule has 0 spiro atoms. The Morgan fingerprint density at radius 2 is 1.76 bits per heavy atom. The van der Waals surface area contributed by atoms with Crippen molar-refractivity contribution in [2.75, 3.05) is 19.8 Å². The smallest absolute Gasteiger partial charge is 0.185 e. The van der Waals surface area contributed by atoms with Crippen LogP contribution in [0.4, 0.5) is 0 Å². The number of ketones is 1. The lowest BCUT2D eigenvalue weighted by Gasteiger charge is -2.18. The van der Waals surface area contributed by atoms with Gasteiger partial charge in [0.1, 0.15) is 25.6 Å². The zero-order valence-corrected chi connectivity index (χ0v) is 14.1. The number of hydrogen-bond donors (Lipinski definition) is 0. The number of ether oxygens (including phenoxy) is 3. The first kappa shape index (κ1) is 15.8. The summed E-state index contributed by atoms with van der Waals surface area (Å²) in [5.41, 5.74) is 2.37. The molecule has 2 aliphatic rings. The number of halogens is 1. The van der Waals surface area contributed by atoms with E-state index in [2.05, 4.69) is 0 Å². The molecule has 2 heterocycles. The Hall–Kier alpha value is -2.72. The summed E-state index contributed by atoms with van der Waals surface area (Å²) >= 11 is 6.01. The monoisotopic (exact) mass is 354 g/mol. The van der Waals surface area contributed by atoms with E-state index < -0.39 is 0 Å². The van der Waals surface area contributed by atoms with E-state index in [4.69, 9.17) is 25.8 Å². The van der Waals surface area contributed by atoms with Crippen LogP contribution in [0.15, 0.2) is 54.1 Å². The second-order valence-corrected chi connectivity index (χ2v) is 6.18. The van der Waals surface area contributed by atoms with Gasteiger partial charge in [0.15, 0.2) is 17.3 Å². The molecule has 0 fully saturated rings. The Labute approximate surface area is 150 Å². The third-order valence-corrected chi connectivity index (χ3v) is 4.22. The number of carbonyl (C=O) groups is 1. The summed E-state index contributed by atoms with van der Waals surface area (Å²) in [7, 11) is 0. The summed E-state index contributed by atoms with van der Waals surface area (Å²) in [5.74, 6) is 1.97. The van der Waals surface area contributed by atoms with Crippen LogP contribution in [0.5, 0.6) is 17.2 Å². The highest BCUT2D eigenvalue weighted by Gasteiger charge is 2.14. The summed E-state index contributed by atoms with van der Waals surface area (Å²) < 4.78 is 16.7. The molecule has 0 bridgehead atoms. The molecule has 4 rings (SSSR count). The Morgan fingerprint density at radius 1 is 0.960 bits per heavy atom. The van der Waals surface area contributed by atoms with Crippen molar-refractivity contribution in [3.05, 3.63) is 70.3 Å². The molecule has 2 aromatic rings. The summed E-state index contributed by atoms with van der Waals surface area (Å²) in [6, 6.07) is 10.7. The molecule has 0 saturated carbocycles. The van der Waals surface area contributed by atoms with E-state index in [1.807, 2.05) is 18.2 Å². The normalized spacial score (nSPS) is 15.3. The first-order chi connectivity index (χ1) is 12.2. The average Bonchev–Trinajstić information content (AvgIpc) is 2.65. The van der Waals surface area contributed by atoms with Crippen LogP contribution in [-0.4, -0.2) is 25.6 Å². The molecule has 5 heteroatoms. The fraction of sp³-hybridized carbons (Fsp3) is 0.150. The van der Waals surface area contributed by atoms with Crippen LogP contribution >= 0.6 is 11.6 Å². The van der Waals surface area contributed by atoms with Crippen LogP contribution in [0, 0.1) is 0 Å². The Kier molecular flexibility index (Phi) is 4.20. The fourth-order valence-corrected chi connectivity index (χ4v) is 2.92. The van der Waals surface area contributed by atoms with Gasteiger partial charge in [-0.15, -0.1) is 0 Å². The van der Waals surface area contributed by atoms with Gasteiger partial charge in [-0.25, -0.2) is 0 Å². The second-order valence-electron chi connectivity index (χ2n) is 5.75. The molecule has 4 nitrogen and oxygen atoms in total. The van der Waals surface area contributed by atoms with E-state index in [1.54, 1.807) is 30.3 Å². The first-order valence-corrected chi connectivity index (χ1v) is 8.32. The maximum atomic E-state index is 12.4. The number of hydrogen-bond acceptors (Lipinski definition) is 4. The maximum Gasteiger partial charge on any atom is 0.185 e. The zero-order valence-electron chi connectivity index (χ0n) is 13.3. The van der Waals surface area contributed by atoms with Crippen LogP contribution in [-0.2, 0) is 0 Å². The molecule has 25 heavy (non-hydrogen) atoms. The summed E-state index contributed by atoms with van der Waals surface area (Å²) in [6.45, 7) is 1.44. The summed E-state index contributed by atoms with van der Waals surface area (Å²) in [4.78, 5) is 12.4. The predicted molar refractivity (Wildman–Crippen MR) is 95.8 cm³/mol. The number of fused-ring (bicyclic) bond motifs is 2. The summed E-state index contributed by atoms with van der Waals surface area (Å²) in [6.07, 6.45) is 5.28. The quantitative estimate of drug-likeness (QED) is 0.608. The molecular formula is C20H15ClO4. The van der Waals surface area contributed by atoms with Crippen molar-refractivity contribution >= 4 is 23.5 Å². The van der Waals surface area contributed by atoms with Gasteiger partial charge in [0, 0.05) is 16.1 Å². The van der Waals surface area contributed by atoms with Crippen LogP contribution in [0.3, 0.4) is 0 Å². The average molecular weight is 355 g/mol. The molecule has 0 aliphatic carbocycles. The highest BCUT2D eigenvalue weighted by atomic mass is 35.5. The number of carbonyl (C=O) groups excluding carboxylic acids is 1.